The summed E-state index contributed by atoms with van der Waals surface area (Å²) in [5.74, 6) is -0.517. The van der Waals surface area contributed by atoms with Crippen molar-refractivity contribution in [3.05, 3.63) is 26.7 Å². The summed E-state index contributed by atoms with van der Waals surface area (Å²) in [5.41, 5.74) is -0.311. The molecule has 0 atom stereocenters. The van der Waals surface area contributed by atoms with Gasteiger partial charge in [-0.05, 0) is 18.4 Å². The van der Waals surface area contributed by atoms with Crippen LogP contribution in [0.4, 0.5) is 0 Å². The highest BCUT2D eigenvalue weighted by molar-refractivity contribution is 8.13. The maximum Gasteiger partial charge on any atom is 0.341 e. The van der Waals surface area contributed by atoms with Crippen LogP contribution in [0.5, 0.6) is 0 Å². The van der Waals surface area contributed by atoms with Crippen molar-refractivity contribution in [2.45, 2.75) is 25.2 Å². The first kappa shape index (κ1) is 18.8. The number of carbonyl (C=O) groups excluding carboxylic acids is 1. The van der Waals surface area contributed by atoms with Crippen LogP contribution in [0.2, 0.25) is 15.1 Å². The van der Waals surface area contributed by atoms with Gasteiger partial charge >= 0.3 is 5.97 Å². The molecule has 21 heavy (non-hydrogen) atoms. The van der Waals surface area contributed by atoms with E-state index in [1.54, 1.807) is 0 Å². The summed E-state index contributed by atoms with van der Waals surface area (Å²) in [4.78, 5) is 11.5. The van der Waals surface area contributed by atoms with Gasteiger partial charge in [0.05, 0.1) is 27.2 Å². The van der Waals surface area contributed by atoms with Gasteiger partial charge in [-0.2, -0.15) is 0 Å². The summed E-state index contributed by atoms with van der Waals surface area (Å²) in [6, 6.07) is 0.986. The Morgan fingerprint density at radius 2 is 1.81 bits per heavy atom. The van der Waals surface area contributed by atoms with Crippen LogP contribution < -0.4 is 0 Å². The maximum atomic E-state index is 12.0. The molecule has 0 aliphatic carbocycles. The van der Waals surface area contributed by atoms with E-state index in [-0.39, 0.29) is 22.2 Å². The molecule has 118 valence electrons. The fourth-order valence-corrected chi connectivity index (χ4v) is 3.53. The molecule has 0 heterocycles. The van der Waals surface area contributed by atoms with Crippen LogP contribution in [-0.4, -0.2) is 21.0 Å². The van der Waals surface area contributed by atoms with E-state index in [0.717, 1.165) is 6.07 Å². The van der Waals surface area contributed by atoms with Crippen LogP contribution in [0.15, 0.2) is 11.0 Å². The van der Waals surface area contributed by atoms with Crippen molar-refractivity contribution in [3.63, 3.8) is 0 Å². The van der Waals surface area contributed by atoms with E-state index in [0.29, 0.717) is 12.3 Å². The fraction of sp³-hybridized carbons (Fsp3) is 0.417. The summed E-state index contributed by atoms with van der Waals surface area (Å²) in [5, 5.41) is -0.745. The number of rotatable bonds is 5. The van der Waals surface area contributed by atoms with E-state index < -0.39 is 24.9 Å². The van der Waals surface area contributed by atoms with Crippen molar-refractivity contribution in [1.29, 1.82) is 0 Å². The Labute approximate surface area is 142 Å². The first-order valence-electron chi connectivity index (χ1n) is 5.85. The predicted molar refractivity (Wildman–Crippen MR) is 84.2 cm³/mol. The molecule has 0 spiro atoms. The molecule has 1 rings (SSSR count). The van der Waals surface area contributed by atoms with Gasteiger partial charge in [0.25, 0.3) is 9.05 Å². The van der Waals surface area contributed by atoms with Crippen molar-refractivity contribution >= 4 is 60.5 Å². The molecular weight excluding hydrogens is 382 g/mol. The fourth-order valence-electron chi connectivity index (χ4n) is 1.40. The highest BCUT2D eigenvalue weighted by Gasteiger charge is 2.27. The smallest absolute Gasteiger partial charge is 0.341 e. The maximum absolute atomic E-state index is 12.0. The van der Waals surface area contributed by atoms with Gasteiger partial charge in [0.2, 0.25) is 0 Å². The van der Waals surface area contributed by atoms with E-state index in [9.17, 15) is 13.2 Å². The SMILES string of the molecule is CC(C)CCOC(=O)c1c(Cl)c(Cl)cc(S(=O)(=O)Cl)c1Cl. The van der Waals surface area contributed by atoms with Gasteiger partial charge < -0.3 is 4.74 Å². The van der Waals surface area contributed by atoms with E-state index in [2.05, 4.69) is 0 Å². The number of esters is 1. The normalized spacial score (nSPS) is 11.8. The number of ether oxygens (including phenoxy) is 1. The molecule has 0 aromatic heterocycles. The quantitative estimate of drug-likeness (QED) is 0.410. The molecular formula is C12H12Cl4O4S. The van der Waals surface area contributed by atoms with Crippen LogP contribution in [0, 0.1) is 5.92 Å². The first-order valence-corrected chi connectivity index (χ1v) is 9.29. The lowest BCUT2D eigenvalue weighted by Crippen LogP contribution is -2.11. The predicted octanol–water partition coefficient (Wildman–Crippen LogP) is 4.78. The molecule has 0 bridgehead atoms. The van der Waals surface area contributed by atoms with Crippen LogP contribution in [0.25, 0.3) is 0 Å². The third kappa shape index (κ3) is 4.89. The Balaban J connectivity index is 3.23. The molecule has 0 saturated carbocycles. The van der Waals surface area contributed by atoms with Gasteiger partial charge in [-0.1, -0.05) is 48.7 Å². The monoisotopic (exact) mass is 392 g/mol. The summed E-state index contributed by atoms with van der Waals surface area (Å²) in [6.45, 7) is 4.08. The van der Waals surface area contributed by atoms with Gasteiger partial charge in [-0.15, -0.1) is 0 Å². The van der Waals surface area contributed by atoms with Crippen LogP contribution in [-0.2, 0) is 13.8 Å². The lowest BCUT2D eigenvalue weighted by atomic mass is 10.1. The Kier molecular flexibility index (Phi) is 6.62. The van der Waals surface area contributed by atoms with Crippen LogP contribution in [0.3, 0.4) is 0 Å². The zero-order chi connectivity index (χ0) is 16.4. The van der Waals surface area contributed by atoms with E-state index in [1.807, 2.05) is 13.8 Å². The number of hydrogen-bond acceptors (Lipinski definition) is 4. The third-order valence-corrected chi connectivity index (χ3v) is 5.16. The average molecular weight is 394 g/mol. The van der Waals surface area contributed by atoms with Crippen LogP contribution >= 0.6 is 45.5 Å². The molecule has 1 aromatic rings. The van der Waals surface area contributed by atoms with Gasteiger partial charge in [-0.25, -0.2) is 13.2 Å². The minimum atomic E-state index is -4.17. The standard InChI is InChI=1S/C12H12Cl4O4S/c1-6(2)3-4-20-12(17)9-10(14)7(13)5-8(11(9)15)21(16,18)19/h5-6H,3-4H2,1-2H3. The number of halogens is 4. The van der Waals surface area contributed by atoms with Gasteiger partial charge in [0, 0.05) is 10.7 Å². The summed E-state index contributed by atoms with van der Waals surface area (Å²) < 4.78 is 27.9. The van der Waals surface area contributed by atoms with Crippen molar-refractivity contribution in [1.82, 2.24) is 0 Å². The largest absolute Gasteiger partial charge is 0.462 e. The molecule has 0 radical (unpaired) electrons. The topological polar surface area (TPSA) is 60.4 Å². The van der Waals surface area contributed by atoms with Crippen molar-refractivity contribution in [2.75, 3.05) is 6.61 Å². The summed E-state index contributed by atoms with van der Waals surface area (Å²) in [7, 11) is 1.07. The minimum absolute atomic E-state index is 0.151. The first-order chi connectivity index (χ1) is 9.55. The lowest BCUT2D eigenvalue weighted by molar-refractivity contribution is 0.0488. The highest BCUT2D eigenvalue weighted by Crippen LogP contribution is 2.38. The Bertz CT molecular complexity index is 656. The van der Waals surface area contributed by atoms with Crippen molar-refractivity contribution < 1.29 is 17.9 Å². The molecule has 9 heteroatoms. The number of carbonyl (C=O) groups is 1. The summed E-state index contributed by atoms with van der Waals surface area (Å²) in [6.07, 6.45) is 0.641. The molecule has 1 aromatic carbocycles. The third-order valence-electron chi connectivity index (χ3n) is 2.52. The van der Waals surface area contributed by atoms with E-state index in [4.69, 9.17) is 50.2 Å². The molecule has 0 fully saturated rings. The zero-order valence-corrected chi connectivity index (χ0v) is 15.0. The minimum Gasteiger partial charge on any atom is -0.462 e. The van der Waals surface area contributed by atoms with Gasteiger partial charge in [0.1, 0.15) is 4.90 Å². The molecule has 0 N–H and O–H groups in total. The molecule has 0 aliphatic heterocycles. The Hall–Kier alpha value is -0.200. The second kappa shape index (κ2) is 7.38. The Morgan fingerprint density at radius 3 is 2.29 bits per heavy atom. The average Bonchev–Trinajstić information content (AvgIpc) is 2.32. The van der Waals surface area contributed by atoms with Gasteiger partial charge in [-0.3, -0.25) is 0 Å². The van der Waals surface area contributed by atoms with E-state index >= 15 is 0 Å². The molecule has 0 unspecified atom stereocenters. The highest BCUT2D eigenvalue weighted by atomic mass is 35.7. The zero-order valence-electron chi connectivity index (χ0n) is 11.1. The second-order valence-electron chi connectivity index (χ2n) is 4.62. The number of benzene rings is 1. The molecule has 0 aliphatic rings. The van der Waals surface area contributed by atoms with Crippen LogP contribution in [0.1, 0.15) is 30.6 Å². The Morgan fingerprint density at radius 1 is 1.24 bits per heavy atom. The van der Waals surface area contributed by atoms with Gasteiger partial charge in [0.15, 0.2) is 0 Å². The molecule has 4 nitrogen and oxygen atoms in total. The van der Waals surface area contributed by atoms with E-state index in [1.165, 1.54) is 0 Å². The molecule has 0 saturated heterocycles. The summed E-state index contributed by atoms with van der Waals surface area (Å²) >= 11 is 17.6. The lowest BCUT2D eigenvalue weighted by Gasteiger charge is -2.12. The second-order valence-corrected chi connectivity index (χ2v) is 8.31. The number of hydrogen-bond donors (Lipinski definition) is 0. The molecule has 0 amide bonds. The van der Waals surface area contributed by atoms with Crippen molar-refractivity contribution in [3.8, 4) is 0 Å². The van der Waals surface area contributed by atoms with Crippen molar-refractivity contribution in [2.24, 2.45) is 5.92 Å².